The van der Waals surface area contributed by atoms with Gasteiger partial charge in [-0.3, -0.25) is 0 Å². The van der Waals surface area contributed by atoms with Crippen molar-refractivity contribution in [3.8, 4) is 5.75 Å². The van der Waals surface area contributed by atoms with Crippen LogP contribution in [0.25, 0.3) is 10.8 Å². The van der Waals surface area contributed by atoms with Crippen molar-refractivity contribution in [2.45, 2.75) is 4.90 Å². The van der Waals surface area contributed by atoms with E-state index in [1.54, 1.807) is 18.2 Å². The summed E-state index contributed by atoms with van der Waals surface area (Å²) < 4.78 is 4.66. The van der Waals surface area contributed by atoms with Crippen LogP contribution in [0.2, 0.25) is 0 Å². The monoisotopic (exact) mass is 253 g/mol. The third-order valence-electron chi connectivity index (χ3n) is 2.16. The van der Waals surface area contributed by atoms with Crippen LogP contribution in [0.3, 0.4) is 0 Å². The van der Waals surface area contributed by atoms with Crippen LogP contribution in [0, 0.1) is 0 Å². The van der Waals surface area contributed by atoms with Gasteiger partial charge in [0.2, 0.25) is 0 Å². The first kappa shape index (κ1) is 12.0. The number of phenolic OH excluding ortho intramolecular Hbond substituents is 1. The van der Waals surface area contributed by atoms with E-state index in [2.05, 4.69) is 14.3 Å². The molecule has 2 rings (SSSR count). The second-order valence-corrected chi connectivity index (χ2v) is 4.08. The summed E-state index contributed by atoms with van der Waals surface area (Å²) in [6.45, 7) is 0. The topological polar surface area (TPSA) is 73.9 Å². The molecule has 0 heterocycles. The Morgan fingerprint density at radius 3 is 2.82 bits per heavy atom. The number of nitrogens with two attached hydrogens (primary N) is 1. The second-order valence-electron chi connectivity index (χ2n) is 3.31. The third-order valence-corrected chi connectivity index (χ3v) is 2.71. The predicted octanol–water partition coefficient (Wildman–Crippen LogP) is 2.64. The van der Waals surface area contributed by atoms with Gasteiger partial charge in [0.15, 0.2) is 0 Å². The van der Waals surface area contributed by atoms with Crippen LogP contribution in [0.1, 0.15) is 0 Å². The Balaban J connectivity index is 2.32. The summed E-state index contributed by atoms with van der Waals surface area (Å²) in [5.41, 5.74) is 6.26. The first-order valence-corrected chi connectivity index (χ1v) is 5.51. The van der Waals surface area contributed by atoms with Gasteiger partial charge in [-0.25, -0.2) is 4.89 Å². The highest BCUT2D eigenvalue weighted by atomic mass is 32.2. The van der Waals surface area contributed by atoms with Gasteiger partial charge in [0.1, 0.15) is 5.75 Å². The highest BCUT2D eigenvalue weighted by Gasteiger charge is 2.05. The average molecular weight is 253 g/mol. The van der Waals surface area contributed by atoms with Crippen molar-refractivity contribution in [3.63, 3.8) is 0 Å². The van der Waals surface area contributed by atoms with Gasteiger partial charge in [-0.15, -0.1) is 4.33 Å². The van der Waals surface area contributed by atoms with E-state index in [9.17, 15) is 5.11 Å². The second kappa shape index (κ2) is 5.24. The van der Waals surface area contributed by atoms with Crippen LogP contribution in [0.4, 0.5) is 5.69 Å². The summed E-state index contributed by atoms with van der Waals surface area (Å²) in [6.07, 6.45) is 0. The van der Waals surface area contributed by atoms with E-state index >= 15 is 0 Å². The lowest BCUT2D eigenvalue weighted by atomic mass is 10.1. The normalized spacial score (nSPS) is 10.9. The number of fused-ring (bicyclic) bond motifs is 1. The summed E-state index contributed by atoms with van der Waals surface area (Å²) in [5.74, 6) is 0.137. The molecule has 0 aliphatic rings. The third kappa shape index (κ3) is 2.80. The Morgan fingerprint density at radius 2 is 2.06 bits per heavy atom. The molecule has 0 radical (unpaired) electrons. The molecule has 0 aliphatic heterocycles. The zero-order valence-corrected chi connectivity index (χ0v) is 9.86. The molecule has 0 aromatic heterocycles. The maximum absolute atomic E-state index is 9.84. The zero-order chi connectivity index (χ0) is 12.3. The number of nitrogen functional groups attached to an aromatic ring is 1. The largest absolute Gasteiger partial charge is 0.507 e. The molecule has 0 unspecified atom stereocenters. The fourth-order valence-electron chi connectivity index (χ4n) is 1.46. The first-order valence-electron chi connectivity index (χ1n) is 4.77. The quantitative estimate of drug-likeness (QED) is 0.287. The van der Waals surface area contributed by atoms with Crippen LogP contribution >= 0.6 is 12.0 Å². The SMILES string of the molecule is COOOSc1cc(O)c2cc(N)ccc2c1. The predicted molar refractivity (Wildman–Crippen MR) is 65.1 cm³/mol. The summed E-state index contributed by atoms with van der Waals surface area (Å²) >= 11 is 0.940. The lowest BCUT2D eigenvalue weighted by molar-refractivity contribution is -0.447. The smallest absolute Gasteiger partial charge is 0.124 e. The van der Waals surface area contributed by atoms with Crippen LogP contribution in [0.15, 0.2) is 35.2 Å². The van der Waals surface area contributed by atoms with E-state index in [4.69, 9.17) is 5.73 Å². The van der Waals surface area contributed by atoms with Crippen molar-refractivity contribution in [1.29, 1.82) is 0 Å². The van der Waals surface area contributed by atoms with Gasteiger partial charge in [0.25, 0.3) is 0 Å². The molecule has 0 aliphatic carbocycles. The van der Waals surface area contributed by atoms with E-state index in [-0.39, 0.29) is 5.75 Å². The number of rotatable bonds is 4. The van der Waals surface area contributed by atoms with Crippen molar-refractivity contribution >= 4 is 28.5 Å². The van der Waals surface area contributed by atoms with Gasteiger partial charge >= 0.3 is 0 Å². The highest BCUT2D eigenvalue weighted by molar-refractivity contribution is 7.94. The maximum atomic E-state index is 9.84. The molecule has 6 heteroatoms. The molecule has 2 aromatic rings. The van der Waals surface area contributed by atoms with Crippen LogP contribution in [-0.2, 0) is 14.3 Å². The van der Waals surface area contributed by atoms with Crippen molar-refractivity contribution in [2.24, 2.45) is 0 Å². The average Bonchev–Trinajstić information content (AvgIpc) is 2.31. The van der Waals surface area contributed by atoms with Crippen LogP contribution < -0.4 is 5.73 Å². The molecule has 17 heavy (non-hydrogen) atoms. The Labute approximate surface area is 102 Å². The molecular formula is C11H11NO4S. The minimum absolute atomic E-state index is 0.137. The molecule has 0 saturated heterocycles. The maximum Gasteiger partial charge on any atom is 0.124 e. The summed E-state index contributed by atoms with van der Waals surface area (Å²) in [4.78, 5) is 4.97. The fraction of sp³-hybridized carbons (Fsp3) is 0.0909. The molecule has 90 valence electrons. The van der Waals surface area contributed by atoms with Crippen LogP contribution in [-0.4, -0.2) is 12.2 Å². The Hall–Kier alpha value is -1.47. The van der Waals surface area contributed by atoms with E-state index < -0.39 is 0 Å². The van der Waals surface area contributed by atoms with E-state index in [0.29, 0.717) is 16.0 Å². The summed E-state index contributed by atoms with van der Waals surface area (Å²) in [5, 5.41) is 15.7. The first-order chi connectivity index (χ1) is 8.20. The number of phenols is 1. The fourth-order valence-corrected chi connectivity index (χ4v) is 1.95. The number of hydrogen-bond donors (Lipinski definition) is 2. The van der Waals surface area contributed by atoms with E-state index in [1.165, 1.54) is 7.11 Å². The molecule has 2 aromatic carbocycles. The minimum atomic E-state index is 0.137. The van der Waals surface area contributed by atoms with E-state index in [1.807, 2.05) is 12.1 Å². The van der Waals surface area contributed by atoms with Gasteiger partial charge in [-0.05, 0) is 29.7 Å². The zero-order valence-electron chi connectivity index (χ0n) is 9.04. The van der Waals surface area contributed by atoms with Crippen molar-refractivity contribution in [1.82, 2.24) is 0 Å². The van der Waals surface area contributed by atoms with Crippen molar-refractivity contribution in [2.75, 3.05) is 12.8 Å². The molecule has 5 nitrogen and oxygen atoms in total. The number of anilines is 1. The Kier molecular flexibility index (Phi) is 3.70. The molecular weight excluding hydrogens is 242 g/mol. The van der Waals surface area contributed by atoms with Crippen LogP contribution in [0.5, 0.6) is 5.75 Å². The molecule has 0 spiro atoms. The Bertz CT molecular complexity index is 532. The van der Waals surface area contributed by atoms with Gasteiger partial charge in [0.05, 0.1) is 19.2 Å². The number of aromatic hydroxyl groups is 1. The lowest BCUT2D eigenvalue weighted by Gasteiger charge is -2.05. The number of hydrogen-bond acceptors (Lipinski definition) is 6. The van der Waals surface area contributed by atoms with E-state index in [0.717, 1.165) is 17.4 Å². The van der Waals surface area contributed by atoms with Gasteiger partial charge in [-0.2, -0.15) is 0 Å². The molecule has 3 N–H and O–H groups in total. The lowest BCUT2D eigenvalue weighted by Crippen LogP contribution is -1.86. The minimum Gasteiger partial charge on any atom is -0.507 e. The molecule has 0 fully saturated rings. The molecule has 0 saturated carbocycles. The summed E-state index contributed by atoms with van der Waals surface area (Å²) in [7, 11) is 1.33. The highest BCUT2D eigenvalue weighted by Crippen LogP contribution is 2.32. The van der Waals surface area contributed by atoms with Gasteiger partial charge in [0, 0.05) is 16.0 Å². The van der Waals surface area contributed by atoms with Crippen molar-refractivity contribution in [3.05, 3.63) is 30.3 Å². The standard InChI is InChI=1S/C11H11NO4S/c1-14-15-16-17-9-4-7-2-3-8(12)5-10(7)11(13)6-9/h2-6,13H,12H2,1H3. The van der Waals surface area contributed by atoms with Gasteiger partial charge in [-0.1, -0.05) is 11.1 Å². The summed E-state index contributed by atoms with van der Waals surface area (Å²) in [6, 6.07) is 8.71. The van der Waals surface area contributed by atoms with Gasteiger partial charge < -0.3 is 10.8 Å². The van der Waals surface area contributed by atoms with Crippen molar-refractivity contribution < 1.29 is 19.4 Å². The molecule has 0 bridgehead atoms. The molecule has 0 atom stereocenters. The number of benzene rings is 2. The molecule has 0 amide bonds. The Morgan fingerprint density at radius 1 is 1.24 bits per heavy atom.